The Morgan fingerprint density at radius 1 is 1.15 bits per heavy atom. The molecular weight excluding hydrogens is 352 g/mol. The number of carbonyl (C=O) groups is 1. The lowest BCUT2D eigenvalue weighted by atomic mass is 10.0. The molecule has 6 heteroatoms. The molecule has 1 aromatic heterocycles. The molecule has 2 aromatic carbocycles. The third kappa shape index (κ3) is 3.30. The molecule has 140 valence electrons. The van der Waals surface area contributed by atoms with E-state index in [4.69, 9.17) is 5.11 Å². The van der Waals surface area contributed by atoms with E-state index in [9.17, 15) is 18.7 Å². The Kier molecular flexibility index (Phi) is 4.74. The molecule has 0 aliphatic heterocycles. The minimum atomic E-state index is -1.12. The van der Waals surface area contributed by atoms with E-state index in [0.29, 0.717) is 27.7 Å². The van der Waals surface area contributed by atoms with Crippen molar-refractivity contribution in [1.29, 1.82) is 0 Å². The van der Waals surface area contributed by atoms with Gasteiger partial charge in [0.25, 0.3) is 0 Å². The monoisotopic (exact) mass is 371 g/mol. The van der Waals surface area contributed by atoms with E-state index in [1.165, 1.54) is 24.3 Å². The van der Waals surface area contributed by atoms with Gasteiger partial charge < -0.3 is 14.8 Å². The van der Waals surface area contributed by atoms with Gasteiger partial charge in [0.05, 0.1) is 5.52 Å². The number of nitrogens with zero attached hydrogens (tertiary/aromatic N) is 1. The maximum atomic E-state index is 14.1. The zero-order valence-electron chi connectivity index (χ0n) is 15.1. The Bertz CT molecular complexity index is 1080. The van der Waals surface area contributed by atoms with Crippen molar-refractivity contribution in [3.05, 3.63) is 64.9 Å². The van der Waals surface area contributed by atoms with Crippen molar-refractivity contribution in [3.63, 3.8) is 0 Å². The van der Waals surface area contributed by atoms with E-state index in [1.54, 1.807) is 23.6 Å². The average Bonchev–Trinajstić information content (AvgIpc) is 2.89. The van der Waals surface area contributed by atoms with Crippen molar-refractivity contribution in [1.82, 2.24) is 4.57 Å². The number of hydrogen-bond donors (Lipinski definition) is 2. The minimum Gasteiger partial charge on any atom is -0.505 e. The molecule has 2 N–H and O–H groups in total. The fourth-order valence-electron chi connectivity index (χ4n) is 3.29. The van der Waals surface area contributed by atoms with Gasteiger partial charge in [-0.15, -0.1) is 0 Å². The molecule has 0 bridgehead atoms. The van der Waals surface area contributed by atoms with Gasteiger partial charge in [0, 0.05) is 34.5 Å². The number of phenolic OH excluding ortho intramolecular Hbond substituents is 1. The zero-order chi connectivity index (χ0) is 19.9. The van der Waals surface area contributed by atoms with E-state index >= 15 is 0 Å². The fraction of sp³-hybridized carbons (Fsp3) is 0.190. The molecule has 0 fully saturated rings. The molecular formula is C21H19F2NO3. The van der Waals surface area contributed by atoms with Crippen LogP contribution in [0.4, 0.5) is 8.78 Å². The SMILES string of the molecule is Cc1cc(-n2c(C(C)C)c(/C=C/C(=O)O)c3cc(O)c(F)cc32)ccc1F. The van der Waals surface area contributed by atoms with Gasteiger partial charge in [-0.2, -0.15) is 0 Å². The lowest BCUT2D eigenvalue weighted by Gasteiger charge is -2.15. The number of phenols is 1. The molecule has 1 heterocycles. The summed E-state index contributed by atoms with van der Waals surface area (Å²) in [6, 6.07) is 7.06. The minimum absolute atomic E-state index is 0.0543. The lowest BCUT2D eigenvalue weighted by molar-refractivity contribution is -0.131. The molecule has 0 unspecified atom stereocenters. The number of aromatic hydroxyl groups is 1. The van der Waals surface area contributed by atoms with Crippen LogP contribution in [0.1, 0.15) is 36.6 Å². The first-order chi connectivity index (χ1) is 12.7. The maximum Gasteiger partial charge on any atom is 0.328 e. The Morgan fingerprint density at radius 3 is 2.44 bits per heavy atom. The number of aromatic nitrogens is 1. The summed E-state index contributed by atoms with van der Waals surface area (Å²) in [5.41, 5.74) is 2.83. The molecule has 4 nitrogen and oxygen atoms in total. The molecule has 0 aliphatic rings. The maximum absolute atomic E-state index is 14.1. The van der Waals surface area contributed by atoms with Crippen molar-refractivity contribution in [2.45, 2.75) is 26.7 Å². The van der Waals surface area contributed by atoms with Crippen LogP contribution in [0.15, 0.2) is 36.4 Å². The van der Waals surface area contributed by atoms with Gasteiger partial charge in [0.15, 0.2) is 11.6 Å². The standard InChI is InChI=1S/C21H19F2NO3/c1-11(2)21-14(5-7-20(26)27)15-9-19(25)17(23)10-18(15)24(21)13-4-6-16(22)12(3)8-13/h4-11,25H,1-3H3,(H,26,27)/b7-5+. The number of hydrogen-bond acceptors (Lipinski definition) is 2. The largest absolute Gasteiger partial charge is 0.505 e. The van der Waals surface area contributed by atoms with Gasteiger partial charge in [0.2, 0.25) is 0 Å². The molecule has 0 aliphatic carbocycles. The number of rotatable bonds is 4. The highest BCUT2D eigenvalue weighted by Gasteiger charge is 2.21. The van der Waals surface area contributed by atoms with Gasteiger partial charge in [-0.3, -0.25) is 0 Å². The van der Waals surface area contributed by atoms with Gasteiger partial charge >= 0.3 is 5.97 Å². The topological polar surface area (TPSA) is 62.5 Å². The number of aryl methyl sites for hydroxylation is 1. The van der Waals surface area contributed by atoms with Gasteiger partial charge in [0.1, 0.15) is 5.82 Å². The number of benzene rings is 2. The van der Waals surface area contributed by atoms with Crippen molar-refractivity contribution in [3.8, 4) is 11.4 Å². The molecule has 0 saturated carbocycles. The van der Waals surface area contributed by atoms with Crippen molar-refractivity contribution < 1.29 is 23.8 Å². The van der Waals surface area contributed by atoms with Crippen LogP contribution in [0.25, 0.3) is 22.7 Å². The van der Waals surface area contributed by atoms with Gasteiger partial charge in [-0.05, 0) is 48.7 Å². The van der Waals surface area contributed by atoms with E-state index in [-0.39, 0.29) is 11.7 Å². The Balaban J connectivity index is 2.46. The average molecular weight is 371 g/mol. The Morgan fingerprint density at radius 2 is 1.85 bits per heavy atom. The van der Waals surface area contributed by atoms with Crippen LogP contribution in [-0.4, -0.2) is 20.7 Å². The number of halogens is 2. The first-order valence-electron chi connectivity index (χ1n) is 8.45. The normalized spacial score (nSPS) is 11.8. The van der Waals surface area contributed by atoms with Crippen LogP contribution in [0.5, 0.6) is 5.75 Å². The summed E-state index contributed by atoms with van der Waals surface area (Å²) < 4.78 is 29.6. The van der Waals surface area contributed by atoms with Crippen LogP contribution >= 0.6 is 0 Å². The summed E-state index contributed by atoms with van der Waals surface area (Å²) in [5.74, 6) is -2.83. The van der Waals surface area contributed by atoms with Gasteiger partial charge in [-0.25, -0.2) is 13.6 Å². The fourth-order valence-corrected chi connectivity index (χ4v) is 3.29. The molecule has 0 atom stereocenters. The third-order valence-electron chi connectivity index (χ3n) is 4.45. The Hall–Kier alpha value is -3.15. The summed E-state index contributed by atoms with van der Waals surface area (Å²) in [6.07, 6.45) is 2.44. The lowest BCUT2D eigenvalue weighted by Crippen LogP contribution is -2.04. The summed E-state index contributed by atoms with van der Waals surface area (Å²) in [7, 11) is 0. The number of carboxylic acid groups (broad SMARTS) is 1. The summed E-state index contributed by atoms with van der Waals surface area (Å²) in [4.78, 5) is 11.0. The van der Waals surface area contributed by atoms with Crippen molar-refractivity contribution in [2.24, 2.45) is 0 Å². The van der Waals surface area contributed by atoms with Gasteiger partial charge in [-0.1, -0.05) is 13.8 Å². The Labute approximate surface area is 155 Å². The second-order valence-electron chi connectivity index (χ2n) is 6.71. The van der Waals surface area contributed by atoms with E-state index in [1.807, 2.05) is 13.8 Å². The molecule has 27 heavy (non-hydrogen) atoms. The van der Waals surface area contributed by atoms with Crippen LogP contribution in [0, 0.1) is 18.6 Å². The highest BCUT2D eigenvalue weighted by Crippen LogP contribution is 2.37. The quantitative estimate of drug-likeness (QED) is 0.624. The molecule has 0 spiro atoms. The third-order valence-corrected chi connectivity index (χ3v) is 4.45. The summed E-state index contributed by atoms with van der Waals surface area (Å²) in [6.45, 7) is 5.49. The number of fused-ring (bicyclic) bond motifs is 1. The van der Waals surface area contributed by atoms with E-state index < -0.39 is 17.5 Å². The van der Waals surface area contributed by atoms with E-state index in [0.717, 1.165) is 11.8 Å². The first kappa shape index (κ1) is 18.6. The van der Waals surface area contributed by atoms with E-state index in [2.05, 4.69) is 0 Å². The predicted molar refractivity (Wildman–Crippen MR) is 100 cm³/mol. The molecule has 0 radical (unpaired) electrons. The van der Waals surface area contributed by atoms with Crippen molar-refractivity contribution >= 4 is 22.9 Å². The highest BCUT2D eigenvalue weighted by atomic mass is 19.1. The number of carboxylic acids is 1. The summed E-state index contributed by atoms with van der Waals surface area (Å²) in [5, 5.41) is 19.4. The molecule has 3 rings (SSSR count). The highest BCUT2D eigenvalue weighted by molar-refractivity contribution is 5.97. The molecule has 0 amide bonds. The van der Waals surface area contributed by atoms with Crippen LogP contribution < -0.4 is 0 Å². The van der Waals surface area contributed by atoms with Crippen LogP contribution in [0.3, 0.4) is 0 Å². The second kappa shape index (κ2) is 6.87. The smallest absolute Gasteiger partial charge is 0.328 e. The summed E-state index contributed by atoms with van der Waals surface area (Å²) >= 11 is 0. The van der Waals surface area contributed by atoms with Crippen LogP contribution in [-0.2, 0) is 4.79 Å². The molecule has 0 saturated heterocycles. The second-order valence-corrected chi connectivity index (χ2v) is 6.71. The van der Waals surface area contributed by atoms with Crippen LogP contribution in [0.2, 0.25) is 0 Å². The number of aliphatic carboxylic acids is 1. The predicted octanol–water partition coefficient (Wildman–Crippen LogP) is 5.14. The first-order valence-corrected chi connectivity index (χ1v) is 8.45. The van der Waals surface area contributed by atoms with Crippen molar-refractivity contribution in [2.75, 3.05) is 0 Å². The molecule has 3 aromatic rings. The zero-order valence-corrected chi connectivity index (χ0v) is 15.1.